The summed E-state index contributed by atoms with van der Waals surface area (Å²) >= 11 is 0. The molecule has 1 fully saturated rings. The van der Waals surface area contributed by atoms with Gasteiger partial charge < -0.3 is 0 Å². The predicted octanol–water partition coefficient (Wildman–Crippen LogP) is 7.08. The number of unbranched alkanes of at least 4 members (excludes halogenated alkanes) is 1. The summed E-state index contributed by atoms with van der Waals surface area (Å²) in [5.74, 6) is 3.86. The topological polar surface area (TPSA) is 0 Å². The lowest BCUT2D eigenvalue weighted by Gasteiger charge is -2.53. The molecule has 1 saturated carbocycles. The van der Waals surface area contributed by atoms with E-state index in [4.69, 9.17) is 0 Å². The van der Waals surface area contributed by atoms with Gasteiger partial charge in [0.2, 0.25) is 0 Å². The molecule has 0 aromatic rings. The molecule has 20 heavy (non-hydrogen) atoms. The Morgan fingerprint density at radius 2 is 1.65 bits per heavy atom. The van der Waals surface area contributed by atoms with Crippen LogP contribution in [0.3, 0.4) is 0 Å². The summed E-state index contributed by atoms with van der Waals surface area (Å²) in [5, 5.41) is 0. The highest BCUT2D eigenvalue weighted by Crippen LogP contribution is 2.55. The maximum Gasteiger partial charge on any atom is -0.0292 e. The van der Waals surface area contributed by atoms with E-state index in [1.165, 1.54) is 57.8 Å². The fraction of sp³-hybridized carbons (Fsp3) is 1.00. The molecule has 0 aromatic heterocycles. The van der Waals surface area contributed by atoms with Gasteiger partial charge in [0.25, 0.3) is 0 Å². The van der Waals surface area contributed by atoms with Crippen LogP contribution >= 0.6 is 0 Å². The van der Waals surface area contributed by atoms with E-state index in [2.05, 4.69) is 41.5 Å². The van der Waals surface area contributed by atoms with Crippen LogP contribution in [-0.4, -0.2) is 0 Å². The Morgan fingerprint density at radius 3 is 2.20 bits per heavy atom. The Hall–Kier alpha value is 0. The minimum absolute atomic E-state index is 0.689. The zero-order chi connectivity index (χ0) is 15.2. The van der Waals surface area contributed by atoms with Crippen molar-refractivity contribution >= 4 is 0 Å². The molecule has 5 atom stereocenters. The Labute approximate surface area is 129 Å². The lowest BCUT2D eigenvalue weighted by atomic mass is 9.52. The first kappa shape index (κ1) is 18.1. The molecule has 0 N–H and O–H groups in total. The molecule has 0 heteroatoms. The molecular weight excluding hydrogens is 240 g/mol. The molecular formula is C20H40. The van der Waals surface area contributed by atoms with Crippen molar-refractivity contribution in [3.63, 3.8) is 0 Å². The van der Waals surface area contributed by atoms with Crippen LogP contribution in [0.1, 0.15) is 99.3 Å². The molecule has 0 aromatic carbocycles. The second kappa shape index (κ2) is 8.44. The Bertz CT molecular complexity index is 257. The summed E-state index contributed by atoms with van der Waals surface area (Å²) in [6.45, 7) is 14.6. The van der Waals surface area contributed by atoms with E-state index in [9.17, 15) is 0 Å². The van der Waals surface area contributed by atoms with Gasteiger partial charge in [0.1, 0.15) is 0 Å². The van der Waals surface area contributed by atoms with Gasteiger partial charge in [-0.15, -0.1) is 0 Å². The SMILES string of the molecule is CCC(C)CCC(C)CCCCC1(C)CC(C)C1CC. The van der Waals surface area contributed by atoms with Gasteiger partial charge in [-0.3, -0.25) is 0 Å². The summed E-state index contributed by atoms with van der Waals surface area (Å²) in [6.07, 6.45) is 13.0. The maximum absolute atomic E-state index is 2.55. The molecule has 120 valence electrons. The van der Waals surface area contributed by atoms with Gasteiger partial charge in [-0.05, 0) is 41.9 Å². The third-order valence-electron chi connectivity index (χ3n) is 6.35. The number of hydrogen-bond acceptors (Lipinski definition) is 0. The molecule has 1 aliphatic rings. The van der Waals surface area contributed by atoms with Crippen molar-refractivity contribution in [2.24, 2.45) is 29.1 Å². The van der Waals surface area contributed by atoms with Crippen molar-refractivity contribution in [2.45, 2.75) is 99.3 Å². The quantitative estimate of drug-likeness (QED) is 0.375. The minimum atomic E-state index is 0.689. The molecule has 0 saturated heterocycles. The van der Waals surface area contributed by atoms with Crippen LogP contribution in [-0.2, 0) is 0 Å². The predicted molar refractivity (Wildman–Crippen MR) is 92.0 cm³/mol. The van der Waals surface area contributed by atoms with Crippen LogP contribution in [0.2, 0.25) is 0 Å². The van der Waals surface area contributed by atoms with E-state index in [1.807, 2.05) is 0 Å². The van der Waals surface area contributed by atoms with Crippen molar-refractivity contribution in [3.8, 4) is 0 Å². The molecule has 0 aliphatic heterocycles. The molecule has 0 radical (unpaired) electrons. The van der Waals surface area contributed by atoms with E-state index < -0.39 is 0 Å². The number of hydrogen-bond donors (Lipinski definition) is 0. The Kier molecular flexibility index (Phi) is 7.62. The molecule has 0 nitrogen and oxygen atoms in total. The smallest absolute Gasteiger partial charge is 0.0292 e. The zero-order valence-corrected chi connectivity index (χ0v) is 15.2. The van der Waals surface area contributed by atoms with Crippen molar-refractivity contribution < 1.29 is 0 Å². The highest BCUT2D eigenvalue weighted by atomic mass is 14.5. The van der Waals surface area contributed by atoms with E-state index in [0.29, 0.717) is 5.41 Å². The molecule has 0 heterocycles. The van der Waals surface area contributed by atoms with Gasteiger partial charge in [0.05, 0.1) is 0 Å². The highest BCUT2D eigenvalue weighted by Gasteiger charge is 2.45. The fourth-order valence-electron chi connectivity index (χ4n) is 4.68. The molecule has 1 aliphatic carbocycles. The average Bonchev–Trinajstić information content (AvgIpc) is 2.40. The first-order chi connectivity index (χ1) is 9.42. The van der Waals surface area contributed by atoms with Gasteiger partial charge in [-0.1, -0.05) is 86.5 Å². The van der Waals surface area contributed by atoms with Crippen LogP contribution in [0, 0.1) is 29.1 Å². The second-order valence-corrected chi connectivity index (χ2v) is 8.29. The summed E-state index contributed by atoms with van der Waals surface area (Å²) in [5.41, 5.74) is 0.689. The van der Waals surface area contributed by atoms with Crippen LogP contribution < -0.4 is 0 Å². The summed E-state index contributed by atoms with van der Waals surface area (Å²) in [7, 11) is 0. The summed E-state index contributed by atoms with van der Waals surface area (Å²) < 4.78 is 0. The largest absolute Gasteiger partial charge is 0.0651 e. The van der Waals surface area contributed by atoms with Crippen molar-refractivity contribution in [1.29, 1.82) is 0 Å². The highest BCUT2D eigenvalue weighted by molar-refractivity contribution is 4.95. The molecule has 0 amide bonds. The first-order valence-electron chi connectivity index (χ1n) is 9.42. The Balaban J connectivity index is 2.10. The first-order valence-corrected chi connectivity index (χ1v) is 9.42. The second-order valence-electron chi connectivity index (χ2n) is 8.29. The van der Waals surface area contributed by atoms with E-state index in [0.717, 1.165) is 23.7 Å². The van der Waals surface area contributed by atoms with Gasteiger partial charge >= 0.3 is 0 Å². The monoisotopic (exact) mass is 280 g/mol. The zero-order valence-electron chi connectivity index (χ0n) is 15.2. The molecule has 5 unspecified atom stereocenters. The van der Waals surface area contributed by atoms with Gasteiger partial charge in [0, 0.05) is 0 Å². The van der Waals surface area contributed by atoms with Gasteiger partial charge in [-0.2, -0.15) is 0 Å². The molecule has 0 bridgehead atoms. The summed E-state index contributed by atoms with van der Waals surface area (Å²) in [4.78, 5) is 0. The standard InChI is InChI=1S/C20H40/c1-7-16(3)12-13-17(4)11-9-10-14-20(6)15-18(5)19(20)8-2/h16-19H,7-15H2,1-6H3. The fourth-order valence-corrected chi connectivity index (χ4v) is 4.68. The lowest BCUT2D eigenvalue weighted by molar-refractivity contribution is -0.0291. The third-order valence-corrected chi connectivity index (χ3v) is 6.35. The average molecular weight is 281 g/mol. The van der Waals surface area contributed by atoms with E-state index in [-0.39, 0.29) is 0 Å². The van der Waals surface area contributed by atoms with Gasteiger partial charge in [-0.25, -0.2) is 0 Å². The number of rotatable bonds is 10. The Morgan fingerprint density at radius 1 is 1.00 bits per heavy atom. The third kappa shape index (κ3) is 5.08. The maximum atomic E-state index is 2.55. The van der Waals surface area contributed by atoms with Crippen molar-refractivity contribution in [2.75, 3.05) is 0 Å². The van der Waals surface area contributed by atoms with Crippen molar-refractivity contribution in [3.05, 3.63) is 0 Å². The van der Waals surface area contributed by atoms with E-state index in [1.54, 1.807) is 0 Å². The normalized spacial score (nSPS) is 32.7. The van der Waals surface area contributed by atoms with Crippen LogP contribution in [0.5, 0.6) is 0 Å². The van der Waals surface area contributed by atoms with Crippen LogP contribution in [0.25, 0.3) is 0 Å². The molecule has 0 spiro atoms. The van der Waals surface area contributed by atoms with E-state index >= 15 is 0 Å². The van der Waals surface area contributed by atoms with Gasteiger partial charge in [0.15, 0.2) is 0 Å². The van der Waals surface area contributed by atoms with Crippen LogP contribution in [0.15, 0.2) is 0 Å². The molecule has 1 rings (SSSR count). The van der Waals surface area contributed by atoms with Crippen molar-refractivity contribution in [1.82, 2.24) is 0 Å². The minimum Gasteiger partial charge on any atom is -0.0651 e. The summed E-state index contributed by atoms with van der Waals surface area (Å²) in [6, 6.07) is 0. The lowest BCUT2D eigenvalue weighted by Crippen LogP contribution is -2.44. The van der Waals surface area contributed by atoms with Crippen LogP contribution in [0.4, 0.5) is 0 Å².